The van der Waals surface area contributed by atoms with Crippen LogP contribution in [0, 0.1) is 0 Å². The maximum Gasteiger partial charge on any atom is 0.231 e. The number of aryl methyl sites for hydroxylation is 1. The molecular formula is C18H20N2O5S. The number of fused-ring (bicyclic) bond motifs is 1. The number of rotatable bonds is 7. The Morgan fingerprint density at radius 1 is 1.08 bits per heavy atom. The SMILES string of the molecule is CS(=O)(=O)Nc1cccc(CNC(=O)CCc2ccc3c(c2)OCO3)c1. The zero-order valence-electron chi connectivity index (χ0n) is 14.3. The zero-order valence-corrected chi connectivity index (χ0v) is 15.1. The van der Waals surface area contributed by atoms with Crippen molar-refractivity contribution >= 4 is 21.6 Å². The summed E-state index contributed by atoms with van der Waals surface area (Å²) in [4.78, 5) is 12.1. The summed E-state index contributed by atoms with van der Waals surface area (Å²) in [6, 6.07) is 12.6. The maximum absolute atomic E-state index is 12.1. The average Bonchev–Trinajstić information content (AvgIpc) is 3.04. The number of nitrogens with one attached hydrogen (secondary N) is 2. The number of hydrogen-bond acceptors (Lipinski definition) is 5. The Bertz CT molecular complexity index is 912. The summed E-state index contributed by atoms with van der Waals surface area (Å²) >= 11 is 0. The summed E-state index contributed by atoms with van der Waals surface area (Å²) in [7, 11) is -3.33. The maximum atomic E-state index is 12.1. The molecule has 1 amide bonds. The number of benzene rings is 2. The first-order valence-electron chi connectivity index (χ1n) is 8.11. The summed E-state index contributed by atoms with van der Waals surface area (Å²) in [6.07, 6.45) is 2.04. The predicted octanol–water partition coefficient (Wildman–Crippen LogP) is 2.04. The average molecular weight is 376 g/mol. The van der Waals surface area contributed by atoms with Crippen molar-refractivity contribution < 1.29 is 22.7 Å². The molecule has 1 aliphatic rings. The van der Waals surface area contributed by atoms with Gasteiger partial charge in [0.05, 0.1) is 6.26 Å². The molecule has 2 aromatic carbocycles. The van der Waals surface area contributed by atoms with Gasteiger partial charge in [-0.2, -0.15) is 0 Å². The Morgan fingerprint density at radius 3 is 2.69 bits per heavy atom. The lowest BCUT2D eigenvalue weighted by Gasteiger charge is -2.08. The van der Waals surface area contributed by atoms with Crippen LogP contribution in [-0.2, 0) is 27.8 Å². The van der Waals surface area contributed by atoms with Gasteiger partial charge < -0.3 is 14.8 Å². The summed E-state index contributed by atoms with van der Waals surface area (Å²) in [6.45, 7) is 0.561. The Morgan fingerprint density at radius 2 is 1.88 bits per heavy atom. The summed E-state index contributed by atoms with van der Waals surface area (Å²) in [5.74, 6) is 1.35. The van der Waals surface area contributed by atoms with E-state index >= 15 is 0 Å². The van der Waals surface area contributed by atoms with Crippen molar-refractivity contribution in [1.29, 1.82) is 0 Å². The van der Waals surface area contributed by atoms with Crippen molar-refractivity contribution in [2.75, 3.05) is 17.8 Å². The van der Waals surface area contributed by atoms with E-state index in [1.807, 2.05) is 24.3 Å². The lowest BCUT2D eigenvalue weighted by atomic mass is 10.1. The lowest BCUT2D eigenvalue weighted by molar-refractivity contribution is -0.121. The number of ether oxygens (including phenoxy) is 2. The van der Waals surface area contributed by atoms with Crippen LogP contribution in [0.15, 0.2) is 42.5 Å². The summed E-state index contributed by atoms with van der Waals surface area (Å²) in [5, 5.41) is 2.84. The molecule has 0 fully saturated rings. The minimum absolute atomic E-state index is 0.0795. The molecule has 138 valence electrons. The topological polar surface area (TPSA) is 93.7 Å². The number of hydrogen-bond donors (Lipinski definition) is 2. The van der Waals surface area contributed by atoms with Gasteiger partial charge in [0.25, 0.3) is 0 Å². The largest absolute Gasteiger partial charge is 0.454 e. The molecular weight excluding hydrogens is 356 g/mol. The van der Waals surface area contributed by atoms with E-state index in [2.05, 4.69) is 10.0 Å². The van der Waals surface area contributed by atoms with Crippen molar-refractivity contribution in [3.05, 3.63) is 53.6 Å². The van der Waals surface area contributed by atoms with Crippen LogP contribution in [0.1, 0.15) is 17.5 Å². The molecule has 0 atom stereocenters. The minimum atomic E-state index is -3.33. The van der Waals surface area contributed by atoms with Gasteiger partial charge in [-0.15, -0.1) is 0 Å². The van der Waals surface area contributed by atoms with Crippen LogP contribution in [0.2, 0.25) is 0 Å². The fraction of sp³-hybridized carbons (Fsp3) is 0.278. The molecule has 1 aliphatic heterocycles. The van der Waals surface area contributed by atoms with Crippen molar-refractivity contribution in [3.8, 4) is 11.5 Å². The molecule has 2 aromatic rings. The monoisotopic (exact) mass is 376 g/mol. The highest BCUT2D eigenvalue weighted by Crippen LogP contribution is 2.32. The lowest BCUT2D eigenvalue weighted by Crippen LogP contribution is -2.23. The van der Waals surface area contributed by atoms with Gasteiger partial charge in [0.2, 0.25) is 22.7 Å². The van der Waals surface area contributed by atoms with Gasteiger partial charge in [0.15, 0.2) is 11.5 Å². The van der Waals surface area contributed by atoms with E-state index in [9.17, 15) is 13.2 Å². The molecule has 2 N–H and O–H groups in total. The van der Waals surface area contributed by atoms with Gasteiger partial charge in [-0.1, -0.05) is 18.2 Å². The van der Waals surface area contributed by atoms with Crippen LogP contribution in [-0.4, -0.2) is 27.4 Å². The van der Waals surface area contributed by atoms with E-state index in [0.29, 0.717) is 30.8 Å². The van der Waals surface area contributed by atoms with Crippen LogP contribution in [0.4, 0.5) is 5.69 Å². The van der Waals surface area contributed by atoms with E-state index < -0.39 is 10.0 Å². The second kappa shape index (κ2) is 7.65. The third-order valence-corrected chi connectivity index (χ3v) is 4.40. The van der Waals surface area contributed by atoms with Crippen LogP contribution < -0.4 is 19.5 Å². The molecule has 26 heavy (non-hydrogen) atoms. The smallest absolute Gasteiger partial charge is 0.231 e. The normalized spacial score (nSPS) is 12.7. The molecule has 8 heteroatoms. The molecule has 0 saturated heterocycles. The number of sulfonamides is 1. The number of anilines is 1. The van der Waals surface area contributed by atoms with E-state index in [4.69, 9.17) is 9.47 Å². The minimum Gasteiger partial charge on any atom is -0.454 e. The molecule has 1 heterocycles. The second-order valence-corrected chi connectivity index (χ2v) is 7.79. The Hall–Kier alpha value is -2.74. The first kappa shape index (κ1) is 18.1. The highest BCUT2D eigenvalue weighted by atomic mass is 32.2. The molecule has 3 rings (SSSR count). The third-order valence-electron chi connectivity index (χ3n) is 3.80. The van der Waals surface area contributed by atoms with Crippen LogP contribution in [0.25, 0.3) is 0 Å². The van der Waals surface area contributed by atoms with E-state index in [-0.39, 0.29) is 12.7 Å². The number of amides is 1. The fourth-order valence-corrected chi connectivity index (χ4v) is 3.16. The first-order chi connectivity index (χ1) is 12.4. The van der Waals surface area contributed by atoms with E-state index in [1.54, 1.807) is 18.2 Å². The fourth-order valence-electron chi connectivity index (χ4n) is 2.60. The Balaban J connectivity index is 1.49. The van der Waals surface area contributed by atoms with E-state index in [0.717, 1.165) is 23.1 Å². The molecule has 0 aliphatic carbocycles. The highest BCUT2D eigenvalue weighted by Gasteiger charge is 2.13. The van der Waals surface area contributed by atoms with Gasteiger partial charge in [-0.25, -0.2) is 8.42 Å². The predicted molar refractivity (Wildman–Crippen MR) is 97.6 cm³/mol. The van der Waals surface area contributed by atoms with Crippen LogP contribution in [0.5, 0.6) is 11.5 Å². The van der Waals surface area contributed by atoms with Crippen molar-refractivity contribution in [2.24, 2.45) is 0 Å². The Kier molecular flexibility index (Phi) is 5.32. The van der Waals surface area contributed by atoms with E-state index in [1.165, 1.54) is 0 Å². The molecule has 0 aromatic heterocycles. The summed E-state index contributed by atoms with van der Waals surface area (Å²) in [5.41, 5.74) is 2.29. The quantitative estimate of drug-likeness (QED) is 0.771. The first-order valence-corrected chi connectivity index (χ1v) is 10.0. The zero-order chi connectivity index (χ0) is 18.6. The second-order valence-electron chi connectivity index (χ2n) is 6.04. The molecule has 0 saturated carbocycles. The number of carbonyl (C=O) groups excluding carboxylic acids is 1. The number of carbonyl (C=O) groups is 1. The van der Waals surface area contributed by atoms with Crippen molar-refractivity contribution in [2.45, 2.75) is 19.4 Å². The van der Waals surface area contributed by atoms with Gasteiger partial charge in [0.1, 0.15) is 0 Å². The molecule has 7 nitrogen and oxygen atoms in total. The van der Waals surface area contributed by atoms with Crippen molar-refractivity contribution in [1.82, 2.24) is 5.32 Å². The van der Waals surface area contributed by atoms with Crippen molar-refractivity contribution in [3.63, 3.8) is 0 Å². The highest BCUT2D eigenvalue weighted by molar-refractivity contribution is 7.92. The standard InChI is InChI=1S/C18H20N2O5S/c1-26(22,23)20-15-4-2-3-14(9-15)11-19-18(21)8-6-13-5-7-16-17(10-13)25-12-24-16/h2-5,7,9-10,20H,6,8,11-12H2,1H3,(H,19,21). The van der Waals surface area contributed by atoms with Gasteiger partial charge >= 0.3 is 0 Å². The Labute approximate surface area is 152 Å². The molecule has 0 radical (unpaired) electrons. The van der Waals surface area contributed by atoms with Gasteiger partial charge in [-0.05, 0) is 41.8 Å². The summed E-state index contributed by atoms with van der Waals surface area (Å²) < 4.78 is 35.5. The molecule has 0 unspecified atom stereocenters. The van der Waals surface area contributed by atoms with Crippen LogP contribution >= 0.6 is 0 Å². The molecule has 0 bridgehead atoms. The van der Waals surface area contributed by atoms with Gasteiger partial charge in [-0.3, -0.25) is 9.52 Å². The van der Waals surface area contributed by atoms with Crippen LogP contribution in [0.3, 0.4) is 0 Å². The molecule has 0 spiro atoms. The van der Waals surface area contributed by atoms with Gasteiger partial charge in [0, 0.05) is 18.7 Å². The third kappa shape index (κ3) is 5.13.